The summed E-state index contributed by atoms with van der Waals surface area (Å²) in [6.07, 6.45) is 0.899. The zero-order valence-electron chi connectivity index (χ0n) is 11.6. The fourth-order valence-electron chi connectivity index (χ4n) is 2.15. The SMILES string of the molecule is COc1ccc(CCn2c(-c3cccs3)n[nH]c2=S)cc1. The fraction of sp³-hybridized carbons (Fsp3) is 0.200. The first-order valence-corrected chi connectivity index (χ1v) is 7.89. The summed E-state index contributed by atoms with van der Waals surface area (Å²) in [7, 11) is 1.67. The number of hydrogen-bond acceptors (Lipinski definition) is 4. The van der Waals surface area contributed by atoms with Crippen molar-refractivity contribution in [1.29, 1.82) is 0 Å². The summed E-state index contributed by atoms with van der Waals surface area (Å²) < 4.78 is 7.88. The Morgan fingerprint density at radius 3 is 2.76 bits per heavy atom. The van der Waals surface area contributed by atoms with Crippen LogP contribution in [0.2, 0.25) is 0 Å². The number of thiophene rings is 1. The number of aromatic nitrogens is 3. The molecule has 2 heterocycles. The predicted octanol–water partition coefficient (Wildman–Crippen LogP) is 3.92. The molecule has 108 valence electrons. The summed E-state index contributed by atoms with van der Waals surface area (Å²) in [4.78, 5) is 1.12. The van der Waals surface area contributed by atoms with E-state index >= 15 is 0 Å². The number of benzene rings is 1. The Labute approximate surface area is 132 Å². The molecule has 21 heavy (non-hydrogen) atoms. The molecular formula is C15H15N3OS2. The van der Waals surface area contributed by atoms with E-state index < -0.39 is 0 Å². The minimum Gasteiger partial charge on any atom is -0.497 e. The highest BCUT2D eigenvalue weighted by atomic mass is 32.1. The number of hydrogen-bond donors (Lipinski definition) is 1. The van der Waals surface area contributed by atoms with Gasteiger partial charge >= 0.3 is 0 Å². The first-order chi connectivity index (χ1) is 10.3. The molecule has 0 amide bonds. The number of rotatable bonds is 5. The van der Waals surface area contributed by atoms with Crippen LogP contribution in [0.25, 0.3) is 10.7 Å². The smallest absolute Gasteiger partial charge is 0.195 e. The first kappa shape index (κ1) is 14.0. The fourth-order valence-corrected chi connectivity index (χ4v) is 3.10. The van der Waals surface area contributed by atoms with Gasteiger partial charge in [0.05, 0.1) is 12.0 Å². The molecule has 0 bridgehead atoms. The molecule has 1 aromatic carbocycles. The van der Waals surface area contributed by atoms with E-state index in [0.717, 1.165) is 29.4 Å². The summed E-state index contributed by atoms with van der Waals surface area (Å²) in [5.41, 5.74) is 1.25. The highest BCUT2D eigenvalue weighted by Crippen LogP contribution is 2.23. The van der Waals surface area contributed by atoms with E-state index in [4.69, 9.17) is 17.0 Å². The number of methoxy groups -OCH3 is 1. The number of nitrogens with one attached hydrogen (secondary N) is 1. The van der Waals surface area contributed by atoms with Crippen molar-refractivity contribution in [1.82, 2.24) is 14.8 Å². The van der Waals surface area contributed by atoms with Crippen molar-refractivity contribution >= 4 is 23.6 Å². The zero-order valence-corrected chi connectivity index (χ0v) is 13.2. The third-order valence-corrected chi connectivity index (χ3v) is 4.46. The Bertz CT molecular complexity index is 757. The standard InChI is InChI=1S/C15H15N3OS2/c1-19-12-6-4-11(5-7-12)8-9-18-14(16-17-15(18)20)13-3-2-10-21-13/h2-7,10H,8-9H2,1H3,(H,17,20). The molecule has 0 radical (unpaired) electrons. The van der Waals surface area contributed by atoms with Crippen molar-refractivity contribution in [2.24, 2.45) is 0 Å². The second-order valence-corrected chi connectivity index (χ2v) is 5.91. The van der Waals surface area contributed by atoms with Crippen LogP contribution in [0.5, 0.6) is 5.75 Å². The molecule has 0 unspecified atom stereocenters. The lowest BCUT2D eigenvalue weighted by Gasteiger charge is -2.06. The third-order valence-electron chi connectivity index (χ3n) is 3.28. The van der Waals surface area contributed by atoms with Gasteiger partial charge in [0.25, 0.3) is 0 Å². The van der Waals surface area contributed by atoms with E-state index in [2.05, 4.69) is 28.4 Å². The monoisotopic (exact) mass is 317 g/mol. The van der Waals surface area contributed by atoms with Gasteiger partial charge in [-0.15, -0.1) is 11.3 Å². The normalized spacial score (nSPS) is 10.7. The Morgan fingerprint density at radius 2 is 2.10 bits per heavy atom. The van der Waals surface area contributed by atoms with Gasteiger partial charge in [-0.3, -0.25) is 9.67 Å². The molecule has 0 saturated heterocycles. The van der Waals surface area contributed by atoms with Gasteiger partial charge in [0.2, 0.25) is 0 Å². The Morgan fingerprint density at radius 1 is 1.29 bits per heavy atom. The lowest BCUT2D eigenvalue weighted by molar-refractivity contribution is 0.414. The van der Waals surface area contributed by atoms with Crippen LogP contribution in [-0.4, -0.2) is 21.9 Å². The second-order valence-electron chi connectivity index (χ2n) is 4.58. The molecule has 0 spiro atoms. The maximum absolute atomic E-state index is 5.33. The summed E-state index contributed by atoms with van der Waals surface area (Å²) in [5.74, 6) is 1.78. The number of nitrogens with zero attached hydrogens (tertiary/aromatic N) is 2. The number of H-pyrrole nitrogens is 1. The highest BCUT2D eigenvalue weighted by Gasteiger charge is 2.09. The van der Waals surface area contributed by atoms with Crippen molar-refractivity contribution in [3.8, 4) is 16.5 Å². The largest absolute Gasteiger partial charge is 0.497 e. The second kappa shape index (κ2) is 6.24. The molecule has 0 saturated carbocycles. The van der Waals surface area contributed by atoms with Crippen LogP contribution in [0.1, 0.15) is 5.56 Å². The van der Waals surface area contributed by atoms with Crippen LogP contribution in [-0.2, 0) is 13.0 Å². The van der Waals surface area contributed by atoms with Crippen molar-refractivity contribution < 1.29 is 4.74 Å². The highest BCUT2D eigenvalue weighted by molar-refractivity contribution is 7.71. The van der Waals surface area contributed by atoms with Crippen molar-refractivity contribution in [3.05, 3.63) is 52.1 Å². The molecule has 0 aliphatic rings. The molecule has 0 atom stereocenters. The Balaban J connectivity index is 1.79. The zero-order chi connectivity index (χ0) is 14.7. The molecule has 4 nitrogen and oxygen atoms in total. The van der Waals surface area contributed by atoms with E-state index in [0.29, 0.717) is 4.77 Å². The van der Waals surface area contributed by atoms with Gasteiger partial charge in [-0.1, -0.05) is 18.2 Å². The van der Waals surface area contributed by atoms with Crippen LogP contribution in [0.15, 0.2) is 41.8 Å². The average Bonchev–Trinajstić information content (AvgIpc) is 3.15. The van der Waals surface area contributed by atoms with E-state index in [9.17, 15) is 0 Å². The van der Waals surface area contributed by atoms with Crippen molar-refractivity contribution in [3.63, 3.8) is 0 Å². The predicted molar refractivity (Wildman–Crippen MR) is 87.4 cm³/mol. The van der Waals surface area contributed by atoms with Crippen LogP contribution < -0.4 is 4.74 Å². The maximum atomic E-state index is 5.33. The van der Waals surface area contributed by atoms with Crippen LogP contribution in [0.4, 0.5) is 0 Å². The molecular weight excluding hydrogens is 302 g/mol. The quantitative estimate of drug-likeness (QED) is 0.725. The Kier molecular flexibility index (Phi) is 4.17. The molecule has 3 rings (SSSR count). The van der Waals surface area contributed by atoms with E-state index in [1.54, 1.807) is 18.4 Å². The van der Waals surface area contributed by atoms with Crippen molar-refractivity contribution in [2.75, 3.05) is 7.11 Å². The van der Waals surface area contributed by atoms with E-state index in [-0.39, 0.29) is 0 Å². The van der Waals surface area contributed by atoms with Gasteiger partial charge < -0.3 is 4.74 Å². The molecule has 2 aromatic heterocycles. The molecule has 1 N–H and O–H groups in total. The van der Waals surface area contributed by atoms with Crippen LogP contribution in [0, 0.1) is 4.77 Å². The molecule has 6 heteroatoms. The van der Waals surface area contributed by atoms with Gasteiger partial charge in [0, 0.05) is 6.54 Å². The molecule has 3 aromatic rings. The topological polar surface area (TPSA) is 42.8 Å². The van der Waals surface area contributed by atoms with Gasteiger partial charge in [-0.2, -0.15) is 5.10 Å². The third kappa shape index (κ3) is 3.06. The minimum absolute atomic E-state index is 0.659. The van der Waals surface area contributed by atoms with E-state index in [1.807, 2.05) is 28.1 Å². The minimum atomic E-state index is 0.659. The Hall–Kier alpha value is -1.92. The lowest BCUT2D eigenvalue weighted by atomic mass is 10.1. The van der Waals surface area contributed by atoms with Gasteiger partial charge in [-0.05, 0) is 47.8 Å². The summed E-state index contributed by atoms with van der Waals surface area (Å²) in [6, 6.07) is 12.2. The lowest BCUT2D eigenvalue weighted by Crippen LogP contribution is -2.03. The summed E-state index contributed by atoms with van der Waals surface area (Å²) in [6.45, 7) is 0.800. The van der Waals surface area contributed by atoms with Gasteiger partial charge in [-0.25, -0.2) is 0 Å². The molecule has 0 fully saturated rings. The van der Waals surface area contributed by atoms with Crippen LogP contribution >= 0.6 is 23.6 Å². The molecule has 0 aliphatic carbocycles. The summed E-state index contributed by atoms with van der Waals surface area (Å²) in [5, 5.41) is 9.26. The van der Waals surface area contributed by atoms with Crippen LogP contribution in [0.3, 0.4) is 0 Å². The summed E-state index contributed by atoms with van der Waals surface area (Å²) >= 11 is 7.00. The van der Waals surface area contributed by atoms with Gasteiger partial charge in [0.15, 0.2) is 10.6 Å². The maximum Gasteiger partial charge on any atom is 0.195 e. The first-order valence-electron chi connectivity index (χ1n) is 6.60. The number of aryl methyl sites for hydroxylation is 1. The average molecular weight is 317 g/mol. The molecule has 0 aliphatic heterocycles. The number of aromatic amines is 1. The van der Waals surface area contributed by atoms with Crippen molar-refractivity contribution in [2.45, 2.75) is 13.0 Å². The van der Waals surface area contributed by atoms with Gasteiger partial charge in [0.1, 0.15) is 5.75 Å². The van der Waals surface area contributed by atoms with E-state index in [1.165, 1.54) is 5.56 Å². The number of ether oxygens (including phenoxy) is 1.